The maximum atomic E-state index is 11.2. The summed E-state index contributed by atoms with van der Waals surface area (Å²) in [7, 11) is 4.00. The number of nitro benzene ring substituents is 1. The van der Waals surface area contributed by atoms with Gasteiger partial charge in [0, 0.05) is 31.8 Å². The Labute approximate surface area is 181 Å². The largest absolute Gasteiger partial charge is 0.461 e. The van der Waals surface area contributed by atoms with E-state index < -0.39 is 11.1 Å². The highest BCUT2D eigenvalue weighted by atomic mass is 16.6. The number of non-ortho nitro benzene ring substituents is 1. The fourth-order valence-electron chi connectivity index (χ4n) is 4.97. The van der Waals surface area contributed by atoms with E-state index in [1.165, 1.54) is 6.07 Å². The highest BCUT2D eigenvalue weighted by Gasteiger charge is 2.63. The first kappa shape index (κ1) is 19.3. The SMILES string of the molecule is CN(C)N1c2ccccc2C(C)(c2ccccc2)C12C=Cc1cc([N+](=O)[O-])ccc1O2. The van der Waals surface area contributed by atoms with Crippen LogP contribution in [0.15, 0.2) is 78.9 Å². The molecule has 156 valence electrons. The zero-order valence-electron chi connectivity index (χ0n) is 17.6. The predicted molar refractivity (Wildman–Crippen MR) is 121 cm³/mol. The number of hydrogen-bond donors (Lipinski definition) is 0. The fraction of sp³-hybridized carbons (Fsp3) is 0.200. The van der Waals surface area contributed by atoms with Crippen LogP contribution in [-0.4, -0.2) is 29.8 Å². The van der Waals surface area contributed by atoms with Gasteiger partial charge in [0.2, 0.25) is 5.72 Å². The van der Waals surface area contributed by atoms with Crippen molar-refractivity contribution in [1.82, 2.24) is 5.01 Å². The molecule has 31 heavy (non-hydrogen) atoms. The molecular weight excluding hydrogens is 390 g/mol. The normalized spacial score (nSPS) is 23.5. The lowest BCUT2D eigenvalue weighted by molar-refractivity contribution is -0.384. The molecular formula is C25H23N3O3. The average Bonchev–Trinajstić information content (AvgIpc) is 2.99. The van der Waals surface area contributed by atoms with E-state index in [1.54, 1.807) is 12.1 Å². The van der Waals surface area contributed by atoms with Crippen LogP contribution < -0.4 is 9.75 Å². The molecule has 3 aromatic carbocycles. The van der Waals surface area contributed by atoms with Crippen molar-refractivity contribution < 1.29 is 9.66 Å². The number of rotatable bonds is 3. The van der Waals surface area contributed by atoms with Crippen LogP contribution in [0, 0.1) is 10.1 Å². The Hall–Kier alpha value is -3.64. The molecule has 5 rings (SSSR count). The first-order valence-corrected chi connectivity index (χ1v) is 10.2. The quantitative estimate of drug-likeness (QED) is 0.447. The van der Waals surface area contributed by atoms with Gasteiger partial charge >= 0.3 is 0 Å². The molecule has 2 aliphatic rings. The Morgan fingerprint density at radius 3 is 2.42 bits per heavy atom. The number of nitrogens with zero attached hydrogens (tertiary/aromatic N) is 3. The molecule has 2 atom stereocenters. The van der Waals surface area contributed by atoms with E-state index in [0.29, 0.717) is 11.3 Å². The minimum absolute atomic E-state index is 0.0490. The van der Waals surface area contributed by atoms with Crippen molar-refractivity contribution >= 4 is 17.5 Å². The first-order valence-electron chi connectivity index (χ1n) is 10.2. The van der Waals surface area contributed by atoms with Crippen LogP contribution in [-0.2, 0) is 5.41 Å². The molecule has 0 N–H and O–H groups in total. The number of hydrogen-bond acceptors (Lipinski definition) is 5. The van der Waals surface area contributed by atoms with Crippen LogP contribution in [0.2, 0.25) is 0 Å². The number of fused-ring (bicyclic) bond motifs is 2. The summed E-state index contributed by atoms with van der Waals surface area (Å²) in [6, 6.07) is 23.4. The fourth-order valence-corrected chi connectivity index (χ4v) is 4.97. The van der Waals surface area contributed by atoms with Crippen LogP contribution in [0.5, 0.6) is 5.75 Å². The van der Waals surface area contributed by atoms with Gasteiger partial charge in [0.05, 0.1) is 16.0 Å². The van der Waals surface area contributed by atoms with Crippen molar-refractivity contribution in [3.05, 3.63) is 106 Å². The Kier molecular flexibility index (Phi) is 4.17. The maximum Gasteiger partial charge on any atom is 0.270 e. The second-order valence-corrected chi connectivity index (χ2v) is 8.28. The summed E-state index contributed by atoms with van der Waals surface area (Å²) in [5.74, 6) is 0.620. The zero-order chi connectivity index (χ0) is 21.8. The molecule has 6 heteroatoms. The van der Waals surface area contributed by atoms with Gasteiger partial charge in [-0.3, -0.25) is 15.1 Å². The monoisotopic (exact) mass is 413 g/mol. The van der Waals surface area contributed by atoms with Gasteiger partial charge in [-0.15, -0.1) is 0 Å². The van der Waals surface area contributed by atoms with Gasteiger partial charge in [0.15, 0.2) is 0 Å². The molecule has 0 amide bonds. The van der Waals surface area contributed by atoms with Gasteiger partial charge in [-0.25, -0.2) is 5.01 Å². The molecule has 0 aromatic heterocycles. The van der Waals surface area contributed by atoms with Crippen molar-refractivity contribution in [3.63, 3.8) is 0 Å². The number of ether oxygens (including phenoxy) is 1. The van der Waals surface area contributed by atoms with Gasteiger partial charge in [0.25, 0.3) is 5.69 Å². The number of hydrazine groups is 1. The number of para-hydroxylation sites is 1. The smallest absolute Gasteiger partial charge is 0.270 e. The maximum absolute atomic E-state index is 11.2. The zero-order valence-corrected chi connectivity index (χ0v) is 17.6. The summed E-state index contributed by atoms with van der Waals surface area (Å²) < 4.78 is 6.82. The summed E-state index contributed by atoms with van der Waals surface area (Å²) in [6.07, 6.45) is 3.97. The second-order valence-electron chi connectivity index (χ2n) is 8.28. The van der Waals surface area contributed by atoms with Crippen LogP contribution in [0.1, 0.15) is 23.6 Å². The van der Waals surface area contributed by atoms with Gasteiger partial charge in [-0.1, -0.05) is 48.5 Å². The van der Waals surface area contributed by atoms with E-state index in [4.69, 9.17) is 4.74 Å². The lowest BCUT2D eigenvalue weighted by Crippen LogP contribution is -2.64. The summed E-state index contributed by atoms with van der Waals surface area (Å²) in [6.45, 7) is 2.20. The van der Waals surface area contributed by atoms with Crippen LogP contribution in [0.4, 0.5) is 11.4 Å². The topological polar surface area (TPSA) is 58.9 Å². The van der Waals surface area contributed by atoms with Crippen LogP contribution in [0.3, 0.4) is 0 Å². The molecule has 0 fully saturated rings. The lowest BCUT2D eigenvalue weighted by atomic mass is 9.69. The Balaban J connectivity index is 1.78. The Morgan fingerprint density at radius 1 is 1.00 bits per heavy atom. The summed E-state index contributed by atoms with van der Waals surface area (Å²) >= 11 is 0. The van der Waals surface area contributed by atoms with Crippen molar-refractivity contribution in [2.24, 2.45) is 0 Å². The third kappa shape index (κ3) is 2.55. The van der Waals surface area contributed by atoms with Crippen LogP contribution in [0.25, 0.3) is 6.08 Å². The second kappa shape index (κ2) is 6.68. The predicted octanol–water partition coefficient (Wildman–Crippen LogP) is 5.00. The first-order chi connectivity index (χ1) is 14.9. The number of benzene rings is 3. The van der Waals surface area contributed by atoms with E-state index in [0.717, 1.165) is 16.8 Å². The summed E-state index contributed by atoms with van der Waals surface area (Å²) in [5, 5.41) is 15.4. The highest BCUT2D eigenvalue weighted by Crippen LogP contribution is 2.58. The highest BCUT2D eigenvalue weighted by molar-refractivity contribution is 5.75. The van der Waals surface area contributed by atoms with Crippen LogP contribution >= 0.6 is 0 Å². The van der Waals surface area contributed by atoms with Crippen molar-refractivity contribution in [2.45, 2.75) is 18.1 Å². The molecule has 2 unspecified atom stereocenters. The van der Waals surface area contributed by atoms with E-state index in [9.17, 15) is 10.1 Å². The average molecular weight is 413 g/mol. The lowest BCUT2D eigenvalue weighted by Gasteiger charge is -2.50. The molecule has 0 saturated heterocycles. The molecule has 1 spiro atoms. The third-order valence-corrected chi connectivity index (χ3v) is 6.41. The van der Waals surface area contributed by atoms with Crippen molar-refractivity contribution in [1.29, 1.82) is 0 Å². The number of nitro groups is 1. The van der Waals surface area contributed by atoms with Gasteiger partial charge in [-0.2, -0.15) is 0 Å². The molecule has 2 heterocycles. The van der Waals surface area contributed by atoms with Crippen molar-refractivity contribution in [3.8, 4) is 5.75 Å². The minimum Gasteiger partial charge on any atom is -0.461 e. The Morgan fingerprint density at radius 2 is 1.71 bits per heavy atom. The summed E-state index contributed by atoms with van der Waals surface area (Å²) in [5.41, 5.74) is 2.67. The standard InChI is InChI=1S/C25H23N3O3/c1-24(19-9-5-4-6-10-19)21-11-7-8-12-22(21)27(26(2)3)25(24)16-15-18-17-20(28(29)30)13-14-23(18)31-25/h4-17H,1-3H3. The summed E-state index contributed by atoms with van der Waals surface area (Å²) in [4.78, 5) is 10.9. The van der Waals surface area contributed by atoms with E-state index >= 15 is 0 Å². The molecule has 0 radical (unpaired) electrons. The molecule has 0 aliphatic carbocycles. The molecule has 2 aliphatic heterocycles. The van der Waals surface area contributed by atoms with Gasteiger partial charge in [-0.05, 0) is 42.3 Å². The van der Waals surface area contributed by atoms with Gasteiger partial charge < -0.3 is 4.74 Å². The van der Waals surface area contributed by atoms with E-state index in [-0.39, 0.29) is 10.6 Å². The number of anilines is 1. The third-order valence-electron chi connectivity index (χ3n) is 6.41. The molecule has 3 aromatic rings. The van der Waals surface area contributed by atoms with Gasteiger partial charge in [0.1, 0.15) is 5.75 Å². The molecule has 0 saturated carbocycles. The minimum atomic E-state index is -0.884. The van der Waals surface area contributed by atoms with E-state index in [1.807, 2.05) is 55.5 Å². The van der Waals surface area contributed by atoms with E-state index in [2.05, 4.69) is 42.3 Å². The molecule has 6 nitrogen and oxygen atoms in total. The van der Waals surface area contributed by atoms with Crippen molar-refractivity contribution in [2.75, 3.05) is 19.1 Å². The molecule has 0 bridgehead atoms. The Bertz CT molecular complexity index is 1210.